The van der Waals surface area contributed by atoms with Gasteiger partial charge in [-0.3, -0.25) is 5.10 Å². The Morgan fingerprint density at radius 1 is 1.43 bits per heavy atom. The van der Waals surface area contributed by atoms with E-state index in [1.807, 2.05) is 13.8 Å². The van der Waals surface area contributed by atoms with Crippen LogP contribution >= 0.6 is 0 Å². The molecule has 2 rings (SSSR count). The second kappa shape index (κ2) is 6.89. The molecule has 7 heteroatoms. The van der Waals surface area contributed by atoms with Gasteiger partial charge in [-0.1, -0.05) is 27.2 Å². The highest BCUT2D eigenvalue weighted by Gasteiger charge is 2.31. The van der Waals surface area contributed by atoms with Gasteiger partial charge in [0.25, 0.3) is 10.0 Å². The van der Waals surface area contributed by atoms with Crippen molar-refractivity contribution in [1.82, 2.24) is 19.8 Å². The number of aromatic nitrogens is 2. The maximum atomic E-state index is 12.7. The number of hydrogen-bond acceptors (Lipinski definition) is 4. The van der Waals surface area contributed by atoms with Gasteiger partial charge in [-0.05, 0) is 18.8 Å². The molecule has 6 nitrogen and oxygen atoms in total. The van der Waals surface area contributed by atoms with Crippen LogP contribution in [0.2, 0.25) is 0 Å². The number of nitrogens with zero attached hydrogens (tertiary/aromatic N) is 2. The lowest BCUT2D eigenvalue weighted by atomic mass is 9.96. The Hall–Kier alpha value is -0.920. The van der Waals surface area contributed by atoms with Gasteiger partial charge in [-0.15, -0.1) is 0 Å². The van der Waals surface area contributed by atoms with Crippen LogP contribution in [0.5, 0.6) is 0 Å². The molecule has 120 valence electrons. The van der Waals surface area contributed by atoms with Gasteiger partial charge >= 0.3 is 0 Å². The number of nitrogens with one attached hydrogen (secondary N) is 2. The van der Waals surface area contributed by atoms with Crippen molar-refractivity contribution in [3.05, 3.63) is 11.8 Å². The zero-order valence-electron chi connectivity index (χ0n) is 13.1. The Kier molecular flexibility index (Phi) is 5.40. The average molecular weight is 314 g/mol. The molecule has 1 aliphatic heterocycles. The Labute approximate surface area is 127 Å². The van der Waals surface area contributed by atoms with Gasteiger partial charge in [0.15, 0.2) is 5.03 Å². The van der Waals surface area contributed by atoms with Crippen LogP contribution in [0.3, 0.4) is 0 Å². The molecule has 0 amide bonds. The number of H-pyrrole nitrogens is 1. The highest BCUT2D eigenvalue weighted by Crippen LogP contribution is 2.25. The van der Waals surface area contributed by atoms with Crippen LogP contribution < -0.4 is 5.32 Å². The van der Waals surface area contributed by atoms with E-state index in [9.17, 15) is 8.42 Å². The fourth-order valence-electron chi connectivity index (χ4n) is 2.65. The molecular weight excluding hydrogens is 288 g/mol. The van der Waals surface area contributed by atoms with E-state index in [-0.39, 0.29) is 5.03 Å². The van der Waals surface area contributed by atoms with E-state index in [1.165, 1.54) is 0 Å². The second-order valence-electron chi connectivity index (χ2n) is 6.02. The Balaban J connectivity index is 2.11. The normalized spacial score (nSPS) is 18.5. The third kappa shape index (κ3) is 3.84. The summed E-state index contributed by atoms with van der Waals surface area (Å²) >= 11 is 0. The molecule has 0 bridgehead atoms. The molecule has 0 aromatic carbocycles. The molecule has 21 heavy (non-hydrogen) atoms. The van der Waals surface area contributed by atoms with Crippen molar-refractivity contribution in [2.45, 2.75) is 57.6 Å². The van der Waals surface area contributed by atoms with E-state index in [1.54, 1.807) is 10.5 Å². The van der Waals surface area contributed by atoms with Gasteiger partial charge < -0.3 is 5.32 Å². The minimum Gasteiger partial charge on any atom is -0.310 e. The first-order valence-electron chi connectivity index (χ1n) is 7.71. The van der Waals surface area contributed by atoms with Crippen LogP contribution in [0.15, 0.2) is 11.2 Å². The molecule has 0 unspecified atom stereocenters. The van der Waals surface area contributed by atoms with Crippen LogP contribution in [-0.2, 0) is 16.6 Å². The molecule has 1 aromatic heterocycles. The van der Waals surface area contributed by atoms with E-state index in [0.717, 1.165) is 19.3 Å². The molecule has 1 saturated heterocycles. The van der Waals surface area contributed by atoms with Gasteiger partial charge in [0.2, 0.25) is 0 Å². The van der Waals surface area contributed by atoms with Gasteiger partial charge in [0.1, 0.15) is 0 Å². The zero-order valence-corrected chi connectivity index (χ0v) is 13.9. The summed E-state index contributed by atoms with van der Waals surface area (Å²) in [6.45, 7) is 7.95. The first kappa shape index (κ1) is 16.5. The smallest absolute Gasteiger partial charge is 0.260 e. The Morgan fingerprint density at radius 2 is 2.10 bits per heavy atom. The van der Waals surface area contributed by atoms with E-state index < -0.39 is 10.0 Å². The Morgan fingerprint density at radius 3 is 2.67 bits per heavy atom. The molecule has 0 atom stereocenters. The van der Waals surface area contributed by atoms with Crippen LogP contribution in [0.4, 0.5) is 0 Å². The summed E-state index contributed by atoms with van der Waals surface area (Å²) < 4.78 is 27.1. The molecule has 0 radical (unpaired) electrons. The van der Waals surface area contributed by atoms with E-state index in [0.29, 0.717) is 37.2 Å². The van der Waals surface area contributed by atoms with Crippen molar-refractivity contribution >= 4 is 10.0 Å². The lowest BCUT2D eigenvalue weighted by Gasteiger charge is -2.30. The van der Waals surface area contributed by atoms with Crippen LogP contribution in [-0.4, -0.2) is 42.1 Å². The monoisotopic (exact) mass is 314 g/mol. The maximum absolute atomic E-state index is 12.7. The maximum Gasteiger partial charge on any atom is 0.260 e. The number of hydrogen-bond donors (Lipinski definition) is 2. The van der Waals surface area contributed by atoms with E-state index in [2.05, 4.69) is 22.4 Å². The average Bonchev–Trinajstić information content (AvgIpc) is 2.94. The quantitative estimate of drug-likeness (QED) is 0.838. The van der Waals surface area contributed by atoms with E-state index >= 15 is 0 Å². The van der Waals surface area contributed by atoms with Crippen molar-refractivity contribution in [1.29, 1.82) is 0 Å². The molecule has 2 N–H and O–H groups in total. The number of piperidine rings is 1. The third-order valence-corrected chi connectivity index (χ3v) is 6.04. The summed E-state index contributed by atoms with van der Waals surface area (Å²) in [6.07, 6.45) is 4.62. The van der Waals surface area contributed by atoms with Gasteiger partial charge in [0, 0.05) is 31.2 Å². The van der Waals surface area contributed by atoms with Crippen molar-refractivity contribution in [2.24, 2.45) is 5.92 Å². The van der Waals surface area contributed by atoms with Gasteiger partial charge in [-0.2, -0.15) is 9.40 Å². The number of rotatable bonds is 6. The standard InChI is InChI=1S/C14H26N4O2S/c1-4-12-5-7-18(8-6-12)21(19,20)14-13(10-16-17-14)9-15-11(2)3/h10-12,15H,4-9H2,1-3H3,(H,16,17). The molecule has 1 fully saturated rings. The topological polar surface area (TPSA) is 78.1 Å². The second-order valence-corrected chi connectivity index (χ2v) is 7.89. The van der Waals surface area contributed by atoms with Crippen molar-refractivity contribution in [3.63, 3.8) is 0 Å². The molecule has 1 aromatic rings. The van der Waals surface area contributed by atoms with Crippen molar-refractivity contribution in [2.75, 3.05) is 13.1 Å². The van der Waals surface area contributed by atoms with Crippen LogP contribution in [0, 0.1) is 5.92 Å². The molecular formula is C14H26N4O2S. The lowest BCUT2D eigenvalue weighted by Crippen LogP contribution is -2.39. The summed E-state index contributed by atoms with van der Waals surface area (Å²) in [5, 5.41) is 10.1. The van der Waals surface area contributed by atoms with Gasteiger partial charge in [-0.25, -0.2) is 8.42 Å². The van der Waals surface area contributed by atoms with Gasteiger partial charge in [0.05, 0.1) is 6.20 Å². The largest absolute Gasteiger partial charge is 0.310 e. The minimum absolute atomic E-state index is 0.241. The first-order valence-corrected chi connectivity index (χ1v) is 9.15. The zero-order chi connectivity index (χ0) is 15.5. The summed E-state index contributed by atoms with van der Waals surface area (Å²) in [5.74, 6) is 0.653. The van der Waals surface area contributed by atoms with Crippen LogP contribution in [0.1, 0.15) is 45.6 Å². The molecule has 0 saturated carbocycles. The molecule has 1 aliphatic rings. The minimum atomic E-state index is -3.45. The summed E-state index contributed by atoms with van der Waals surface area (Å²) in [5.41, 5.74) is 0.710. The lowest BCUT2D eigenvalue weighted by molar-refractivity contribution is 0.268. The fourth-order valence-corrected chi connectivity index (χ4v) is 4.22. The Bertz CT molecular complexity index is 545. The highest BCUT2D eigenvalue weighted by molar-refractivity contribution is 7.89. The molecule has 0 spiro atoms. The van der Waals surface area contributed by atoms with Crippen molar-refractivity contribution < 1.29 is 8.42 Å². The third-order valence-electron chi connectivity index (χ3n) is 4.13. The summed E-state index contributed by atoms with van der Waals surface area (Å²) in [6, 6.07) is 0.302. The fraction of sp³-hybridized carbons (Fsp3) is 0.786. The molecule has 2 heterocycles. The summed E-state index contributed by atoms with van der Waals surface area (Å²) in [7, 11) is -3.45. The predicted octanol–water partition coefficient (Wildman–Crippen LogP) is 1.72. The predicted molar refractivity (Wildman–Crippen MR) is 82.3 cm³/mol. The SMILES string of the molecule is CCC1CCN(S(=O)(=O)c2[nH]ncc2CNC(C)C)CC1. The van der Waals surface area contributed by atoms with Crippen LogP contribution in [0.25, 0.3) is 0 Å². The molecule has 0 aliphatic carbocycles. The highest BCUT2D eigenvalue weighted by atomic mass is 32.2. The van der Waals surface area contributed by atoms with E-state index in [4.69, 9.17) is 0 Å². The van der Waals surface area contributed by atoms with Crippen molar-refractivity contribution in [3.8, 4) is 0 Å². The number of aromatic amines is 1. The summed E-state index contributed by atoms with van der Waals surface area (Å²) in [4.78, 5) is 0. The number of sulfonamides is 1. The first-order chi connectivity index (χ1) is 9.95.